The average molecular weight is 1200 g/mol. The third kappa shape index (κ3) is 29.9. The number of carboxylic acid groups (broad SMARTS) is 3. The molecule has 0 radical (unpaired) electrons. The molecule has 20 N–H and O–H groups in total. The highest BCUT2D eigenvalue weighted by atomic mass is 32.2. The van der Waals surface area contributed by atoms with Crippen molar-refractivity contribution in [2.24, 2.45) is 28.9 Å². The van der Waals surface area contributed by atoms with Gasteiger partial charge in [0.15, 0.2) is 0 Å². The van der Waals surface area contributed by atoms with Crippen LogP contribution >= 0.6 is 11.8 Å². The summed E-state index contributed by atoms with van der Waals surface area (Å²) < 4.78 is 0. The topological polar surface area (TPSA) is 532 Å². The molecule has 11 amide bonds. The second-order valence-corrected chi connectivity index (χ2v) is 21.3. The summed E-state index contributed by atoms with van der Waals surface area (Å²) in [6.45, 7) is 5.26. The van der Waals surface area contributed by atoms with Gasteiger partial charge in [-0.05, 0) is 97.1 Å². The summed E-state index contributed by atoms with van der Waals surface area (Å²) in [7, 11) is 0. The van der Waals surface area contributed by atoms with Gasteiger partial charge in [0.25, 0.3) is 0 Å². The van der Waals surface area contributed by atoms with Crippen molar-refractivity contribution in [2.75, 3.05) is 38.5 Å². The van der Waals surface area contributed by atoms with Crippen LogP contribution in [0.2, 0.25) is 0 Å². The van der Waals surface area contributed by atoms with E-state index in [-0.39, 0.29) is 63.3 Å². The molecule has 468 valence electrons. The number of primary amides is 1. The van der Waals surface area contributed by atoms with Crippen molar-refractivity contribution in [2.45, 2.75) is 178 Å². The highest BCUT2D eigenvalue weighted by molar-refractivity contribution is 8.13. The van der Waals surface area contributed by atoms with Gasteiger partial charge in [-0.2, -0.15) is 0 Å². The summed E-state index contributed by atoms with van der Waals surface area (Å²) >= 11 is 0.726. The summed E-state index contributed by atoms with van der Waals surface area (Å²) in [6, 6.07) is -12.3. The molecule has 9 atom stereocenters. The van der Waals surface area contributed by atoms with Crippen LogP contribution in [0.3, 0.4) is 0 Å². The Morgan fingerprint density at radius 1 is 0.554 bits per heavy atom. The first-order valence-electron chi connectivity index (χ1n) is 27.2. The van der Waals surface area contributed by atoms with E-state index in [1.54, 1.807) is 13.8 Å². The molecule has 1 rings (SSSR count). The Kier molecular flexibility index (Phi) is 34.6. The van der Waals surface area contributed by atoms with Gasteiger partial charge in [0.2, 0.25) is 70.1 Å². The fourth-order valence-electron chi connectivity index (χ4n) is 8.09. The molecule has 1 heterocycles. The van der Waals surface area contributed by atoms with E-state index in [0.29, 0.717) is 32.2 Å². The van der Waals surface area contributed by atoms with Gasteiger partial charge in [0.1, 0.15) is 48.3 Å². The molecule has 0 spiro atoms. The van der Waals surface area contributed by atoms with E-state index in [1.165, 1.54) is 13.8 Å². The van der Waals surface area contributed by atoms with Crippen LogP contribution in [0.1, 0.15) is 124 Å². The smallest absolute Gasteiger partial charge is 0.326 e. The van der Waals surface area contributed by atoms with E-state index >= 15 is 0 Å². The van der Waals surface area contributed by atoms with Crippen molar-refractivity contribution in [1.82, 2.24) is 52.8 Å². The fraction of sp³-hybridized carbons (Fsp3) is 0.700. The molecule has 1 aliphatic rings. The maximum Gasteiger partial charge on any atom is 0.326 e. The Bertz CT molecular complexity index is 2290. The van der Waals surface area contributed by atoms with Gasteiger partial charge in [-0.15, -0.1) is 0 Å². The molecule has 83 heavy (non-hydrogen) atoms. The van der Waals surface area contributed by atoms with Crippen molar-refractivity contribution < 1.29 is 87.2 Å². The Labute approximate surface area is 484 Å². The lowest BCUT2D eigenvalue weighted by atomic mass is 10.0. The van der Waals surface area contributed by atoms with Crippen molar-refractivity contribution in [3.63, 3.8) is 0 Å². The number of amides is 11. The maximum atomic E-state index is 14.0. The minimum atomic E-state index is -1.67. The fourth-order valence-corrected chi connectivity index (χ4v) is 8.78. The monoisotopic (exact) mass is 1200 g/mol. The molecule has 0 unspecified atom stereocenters. The van der Waals surface area contributed by atoms with Gasteiger partial charge in [-0.3, -0.25) is 67.1 Å². The molecular formula is C50H84N14O18S. The quantitative estimate of drug-likeness (QED) is 0.0254. The van der Waals surface area contributed by atoms with Crippen molar-refractivity contribution in [3.8, 4) is 0 Å². The van der Waals surface area contributed by atoms with Crippen molar-refractivity contribution in [3.05, 3.63) is 0 Å². The number of aliphatic carboxylic acids is 3. The molecule has 0 aliphatic carbocycles. The van der Waals surface area contributed by atoms with E-state index in [9.17, 15) is 87.2 Å². The van der Waals surface area contributed by atoms with E-state index in [0.717, 1.165) is 16.7 Å². The van der Waals surface area contributed by atoms with Crippen LogP contribution < -0.4 is 70.8 Å². The molecule has 0 saturated carbocycles. The third-order valence-electron chi connectivity index (χ3n) is 12.6. The van der Waals surface area contributed by atoms with Crippen LogP contribution in [-0.4, -0.2) is 201 Å². The molecule has 0 aromatic carbocycles. The molecular weight excluding hydrogens is 1120 g/mol. The number of thioether (sulfide) groups is 1. The molecule has 1 aliphatic heterocycles. The minimum absolute atomic E-state index is 0.00589. The van der Waals surface area contributed by atoms with Crippen LogP contribution in [0.15, 0.2) is 0 Å². The molecule has 32 nitrogen and oxygen atoms in total. The Morgan fingerprint density at radius 2 is 1.10 bits per heavy atom. The molecule has 33 heteroatoms. The predicted molar refractivity (Wildman–Crippen MR) is 296 cm³/mol. The number of carbonyl (C=O) groups is 15. The van der Waals surface area contributed by atoms with Gasteiger partial charge in [-0.1, -0.05) is 32.0 Å². The summed E-state index contributed by atoms with van der Waals surface area (Å²) in [6.07, 6.45) is -0.442. The largest absolute Gasteiger partial charge is 0.481 e. The zero-order valence-electron chi connectivity index (χ0n) is 47.3. The van der Waals surface area contributed by atoms with Gasteiger partial charge in [-0.25, -0.2) is 4.79 Å². The zero-order valence-corrected chi connectivity index (χ0v) is 48.1. The zero-order chi connectivity index (χ0) is 62.9. The summed E-state index contributed by atoms with van der Waals surface area (Å²) in [5.74, 6) is -13.8. The number of carboxylic acids is 3. The first-order valence-corrected chi connectivity index (χ1v) is 28.2. The van der Waals surface area contributed by atoms with Gasteiger partial charge < -0.3 is 91.0 Å². The van der Waals surface area contributed by atoms with Gasteiger partial charge >= 0.3 is 17.9 Å². The number of rotatable bonds is 41. The number of carbonyl (C=O) groups excluding carboxylic acids is 12. The number of nitrogens with two attached hydrogens (primary N) is 4. The van der Waals surface area contributed by atoms with E-state index in [1.807, 2.05) is 0 Å². The lowest BCUT2D eigenvalue weighted by Crippen LogP contribution is -2.58. The number of unbranched alkanes of at least 4 members (excludes halogenated alkanes) is 2. The first kappa shape index (κ1) is 73.5. The van der Waals surface area contributed by atoms with Gasteiger partial charge in [0.05, 0.1) is 25.6 Å². The third-order valence-corrected chi connectivity index (χ3v) is 13.5. The maximum absolute atomic E-state index is 14.0. The molecule has 0 bridgehead atoms. The lowest BCUT2D eigenvalue weighted by Gasteiger charge is -2.29. The summed E-state index contributed by atoms with van der Waals surface area (Å²) in [5.41, 5.74) is 22.3. The van der Waals surface area contributed by atoms with E-state index in [4.69, 9.17) is 22.9 Å². The number of nitrogens with one attached hydrogen (secondary N) is 9. The van der Waals surface area contributed by atoms with Crippen LogP contribution in [0, 0.1) is 5.92 Å². The number of likely N-dealkylation sites (tertiary alicyclic amines) is 1. The molecule has 1 fully saturated rings. The molecule has 0 aromatic rings. The standard InChI is InChI=1S/C50H84N14O18S/c1-26(2)22-34(50(81)82)60-37(66)17-21-83-41(72)25-56-48(79)35-12-9-20-64(35)49(80)32(14-16-39(68)69)62-46(77)30(11-6-8-19-52)59-38(67)24-55-42(73)27(3)57-45(76)31(13-15-36(54)65)61-43(74)28(4)58-47(78)33(23-40(70)71)63-44(75)29(53)10-5-7-18-51/h26-35H,5-25,51-53H2,1-4H3,(H2,54,65)(H,55,73)(H,56,79)(H,57,76)(H,58,78)(H,59,67)(H,60,66)(H,61,74)(H,62,77)(H,63,75)(H,68,69)(H,70,71)(H,81,82)/t27-,28-,29-,30-,31-,32-,33-,34-,35-/m0/s1. The Morgan fingerprint density at radius 3 is 1.67 bits per heavy atom. The molecule has 1 saturated heterocycles. The van der Waals surface area contributed by atoms with Crippen molar-refractivity contribution >= 4 is 99.8 Å². The normalized spacial score (nSPS) is 15.7. The lowest BCUT2D eigenvalue weighted by molar-refractivity contribution is -0.143. The minimum Gasteiger partial charge on any atom is -0.481 e. The Balaban J connectivity index is 3.03. The molecule has 0 aromatic heterocycles. The van der Waals surface area contributed by atoms with Crippen LogP contribution in [0.5, 0.6) is 0 Å². The average Bonchev–Trinajstić information content (AvgIpc) is 4.13. The van der Waals surface area contributed by atoms with Gasteiger partial charge in [0, 0.05) is 31.6 Å². The number of hydrogen-bond donors (Lipinski definition) is 16. The summed E-state index contributed by atoms with van der Waals surface area (Å²) in [4.78, 5) is 193. The van der Waals surface area contributed by atoms with E-state index < -0.39 is 188 Å². The SMILES string of the molecule is CC(C)C[C@H](NC(=O)CCSC(=O)CNC(=O)[C@@H]1CCCN1C(=O)[C@H](CCC(=O)O)NC(=O)[C@H](CCCCN)NC(=O)CNC(=O)[C@H](C)NC(=O)[C@H](CCC(N)=O)NC(=O)[C@H](C)NC(=O)[C@H](CC(=O)O)NC(=O)[C@@H](N)CCCCN)C(=O)O. The van der Waals surface area contributed by atoms with Crippen LogP contribution in [0.4, 0.5) is 0 Å². The number of hydrogen-bond acceptors (Lipinski definition) is 19. The highest BCUT2D eigenvalue weighted by Crippen LogP contribution is 2.20. The second-order valence-electron chi connectivity index (χ2n) is 20.2. The highest BCUT2D eigenvalue weighted by Gasteiger charge is 2.39. The predicted octanol–water partition coefficient (Wildman–Crippen LogP) is -5.39. The summed E-state index contributed by atoms with van der Waals surface area (Å²) in [5, 5.41) is 49.0. The Hall–Kier alpha value is -7.52. The first-order chi connectivity index (χ1) is 39.0. The van der Waals surface area contributed by atoms with E-state index in [2.05, 4.69) is 47.9 Å². The number of nitrogens with zero attached hydrogens (tertiary/aromatic N) is 1. The van der Waals surface area contributed by atoms with Crippen LogP contribution in [-0.2, 0) is 71.9 Å². The second kappa shape index (κ2) is 39.0. The van der Waals surface area contributed by atoms with Crippen molar-refractivity contribution in [1.29, 1.82) is 0 Å². The van der Waals surface area contributed by atoms with Crippen LogP contribution in [0.25, 0.3) is 0 Å².